The Morgan fingerprint density at radius 3 is 2.38 bits per heavy atom. The summed E-state index contributed by atoms with van der Waals surface area (Å²) >= 11 is 12.5. The van der Waals surface area contributed by atoms with E-state index in [1.165, 1.54) is 5.56 Å². The van der Waals surface area contributed by atoms with Gasteiger partial charge in [0.1, 0.15) is 5.75 Å². The lowest BCUT2D eigenvalue weighted by Gasteiger charge is -2.15. The van der Waals surface area contributed by atoms with E-state index in [0.717, 1.165) is 35.0 Å². The highest BCUT2D eigenvalue weighted by Gasteiger charge is 2.17. The molecule has 3 nitrogen and oxygen atoms in total. The van der Waals surface area contributed by atoms with Crippen molar-refractivity contribution in [1.29, 1.82) is 0 Å². The van der Waals surface area contributed by atoms with Gasteiger partial charge in [-0.25, -0.2) is 0 Å². The number of hydrogen-bond acceptors (Lipinski definition) is 2. The molecule has 1 heterocycles. The van der Waals surface area contributed by atoms with Gasteiger partial charge < -0.3 is 4.74 Å². The molecule has 0 aliphatic rings. The molecule has 0 aliphatic heterocycles. The van der Waals surface area contributed by atoms with E-state index in [0.29, 0.717) is 11.8 Å². The molecule has 0 saturated heterocycles. The summed E-state index contributed by atoms with van der Waals surface area (Å²) in [5.41, 5.74) is 3.16. The highest BCUT2D eigenvalue weighted by atomic mass is 35.5. The van der Waals surface area contributed by atoms with Gasteiger partial charge >= 0.3 is 0 Å². The Morgan fingerprint density at radius 2 is 1.90 bits per heavy atom. The molecule has 0 aliphatic carbocycles. The molecule has 0 fully saturated rings. The number of benzene rings is 1. The monoisotopic (exact) mass is 326 g/mol. The summed E-state index contributed by atoms with van der Waals surface area (Å²) in [5.74, 6) is 1.78. The van der Waals surface area contributed by atoms with Crippen LogP contribution >= 0.6 is 23.2 Å². The van der Waals surface area contributed by atoms with Crippen molar-refractivity contribution >= 4 is 23.2 Å². The average molecular weight is 327 g/mol. The van der Waals surface area contributed by atoms with Gasteiger partial charge in [-0.1, -0.05) is 23.7 Å². The maximum absolute atomic E-state index is 6.31. The van der Waals surface area contributed by atoms with Crippen molar-refractivity contribution in [3.8, 4) is 5.75 Å². The molecule has 0 bridgehead atoms. The second kappa shape index (κ2) is 7.19. The maximum Gasteiger partial charge on any atom is 0.118 e. The third-order valence-electron chi connectivity index (χ3n) is 3.65. The average Bonchev–Trinajstić information content (AvgIpc) is 2.73. The van der Waals surface area contributed by atoms with Crippen LogP contribution in [0.15, 0.2) is 24.3 Å². The molecule has 5 heteroatoms. The van der Waals surface area contributed by atoms with Crippen molar-refractivity contribution in [1.82, 2.24) is 9.78 Å². The van der Waals surface area contributed by atoms with Crippen LogP contribution in [0, 0.1) is 12.8 Å². The van der Waals surface area contributed by atoms with Gasteiger partial charge in [0, 0.05) is 12.9 Å². The first kappa shape index (κ1) is 16.2. The molecule has 1 unspecified atom stereocenters. The summed E-state index contributed by atoms with van der Waals surface area (Å²) in [6, 6.07) is 8.10. The van der Waals surface area contributed by atoms with Crippen LogP contribution < -0.4 is 4.74 Å². The molecule has 1 aromatic heterocycles. The molecule has 0 radical (unpaired) electrons. The second-order valence-corrected chi connectivity index (χ2v) is 5.93. The molecule has 2 rings (SSSR count). The number of nitrogens with zero attached hydrogens (tertiary/aromatic N) is 2. The van der Waals surface area contributed by atoms with Crippen LogP contribution in [-0.2, 0) is 19.9 Å². The van der Waals surface area contributed by atoms with Gasteiger partial charge in [0.2, 0.25) is 0 Å². The van der Waals surface area contributed by atoms with E-state index in [9.17, 15) is 0 Å². The summed E-state index contributed by atoms with van der Waals surface area (Å²) in [7, 11) is 3.59. The summed E-state index contributed by atoms with van der Waals surface area (Å²) in [4.78, 5) is 0. The molecule has 0 N–H and O–H groups in total. The van der Waals surface area contributed by atoms with Crippen LogP contribution in [0.2, 0.25) is 5.02 Å². The zero-order valence-corrected chi connectivity index (χ0v) is 14.1. The smallest absolute Gasteiger partial charge is 0.118 e. The Morgan fingerprint density at radius 1 is 1.24 bits per heavy atom. The quantitative estimate of drug-likeness (QED) is 0.749. The predicted molar refractivity (Wildman–Crippen MR) is 87.6 cm³/mol. The highest BCUT2D eigenvalue weighted by molar-refractivity contribution is 6.31. The molecule has 0 spiro atoms. The maximum atomic E-state index is 6.31. The van der Waals surface area contributed by atoms with Crippen molar-refractivity contribution in [2.24, 2.45) is 13.0 Å². The van der Waals surface area contributed by atoms with Gasteiger partial charge in [-0.2, -0.15) is 5.10 Å². The number of rotatable bonds is 6. The van der Waals surface area contributed by atoms with Crippen LogP contribution in [0.5, 0.6) is 5.75 Å². The first-order valence-corrected chi connectivity index (χ1v) is 7.83. The van der Waals surface area contributed by atoms with Crippen molar-refractivity contribution in [3.05, 3.63) is 46.2 Å². The van der Waals surface area contributed by atoms with E-state index in [-0.39, 0.29) is 0 Å². The molecule has 2 aromatic rings. The normalized spacial score (nSPS) is 12.4. The van der Waals surface area contributed by atoms with Gasteiger partial charge in [0.25, 0.3) is 0 Å². The van der Waals surface area contributed by atoms with Gasteiger partial charge in [0.05, 0.1) is 23.5 Å². The molecule has 114 valence electrons. The van der Waals surface area contributed by atoms with E-state index in [2.05, 4.69) is 17.2 Å². The predicted octanol–water partition coefficient (Wildman–Crippen LogP) is 4.03. The summed E-state index contributed by atoms with van der Waals surface area (Å²) in [5, 5.41) is 5.10. The SMILES string of the molecule is COc1ccc(CC(CCl)Cc2c(Cl)c(C)nn2C)cc1. The fraction of sp³-hybridized carbons (Fsp3) is 0.438. The zero-order chi connectivity index (χ0) is 15.4. The number of halogens is 2. The number of hydrogen-bond donors (Lipinski definition) is 0. The lowest BCUT2D eigenvalue weighted by Crippen LogP contribution is -2.13. The molecule has 21 heavy (non-hydrogen) atoms. The van der Waals surface area contributed by atoms with Crippen LogP contribution in [0.4, 0.5) is 0 Å². The van der Waals surface area contributed by atoms with Gasteiger partial charge in [-0.3, -0.25) is 4.68 Å². The Bertz CT molecular complexity index is 593. The highest BCUT2D eigenvalue weighted by Crippen LogP contribution is 2.25. The van der Waals surface area contributed by atoms with Crippen LogP contribution in [0.25, 0.3) is 0 Å². The Balaban J connectivity index is 2.09. The van der Waals surface area contributed by atoms with Crippen LogP contribution in [0.3, 0.4) is 0 Å². The number of aryl methyl sites for hydroxylation is 2. The topological polar surface area (TPSA) is 27.1 Å². The van der Waals surface area contributed by atoms with Crippen molar-refractivity contribution < 1.29 is 4.74 Å². The number of aromatic nitrogens is 2. The van der Waals surface area contributed by atoms with E-state index in [4.69, 9.17) is 27.9 Å². The first-order chi connectivity index (χ1) is 10.0. The summed E-state index contributed by atoms with van der Waals surface area (Å²) in [6.07, 6.45) is 1.74. The third-order valence-corrected chi connectivity index (χ3v) is 4.57. The van der Waals surface area contributed by atoms with E-state index >= 15 is 0 Å². The molecular weight excluding hydrogens is 307 g/mol. The van der Waals surface area contributed by atoms with Gasteiger partial charge in [-0.05, 0) is 43.4 Å². The van der Waals surface area contributed by atoms with E-state index in [1.807, 2.05) is 30.8 Å². The fourth-order valence-corrected chi connectivity index (χ4v) is 2.91. The third kappa shape index (κ3) is 3.92. The lowest BCUT2D eigenvalue weighted by atomic mass is 9.96. The molecule has 1 atom stereocenters. The van der Waals surface area contributed by atoms with Gasteiger partial charge in [0.15, 0.2) is 0 Å². The fourth-order valence-electron chi connectivity index (χ4n) is 2.45. The zero-order valence-electron chi connectivity index (χ0n) is 12.6. The van der Waals surface area contributed by atoms with Crippen molar-refractivity contribution in [3.63, 3.8) is 0 Å². The Kier molecular flexibility index (Phi) is 5.54. The molecule has 1 aromatic carbocycles. The van der Waals surface area contributed by atoms with Crippen LogP contribution in [-0.4, -0.2) is 22.8 Å². The Labute approximate surface area is 135 Å². The van der Waals surface area contributed by atoms with E-state index < -0.39 is 0 Å². The van der Waals surface area contributed by atoms with Gasteiger partial charge in [-0.15, -0.1) is 11.6 Å². The standard InChI is InChI=1S/C16H20Cl2N2O/c1-11-16(18)15(20(2)19-11)9-13(10-17)8-12-4-6-14(21-3)7-5-12/h4-7,13H,8-10H2,1-3H3. The number of alkyl halides is 1. The minimum atomic E-state index is 0.326. The van der Waals surface area contributed by atoms with Crippen LogP contribution in [0.1, 0.15) is 17.0 Å². The first-order valence-electron chi connectivity index (χ1n) is 6.92. The van der Waals surface area contributed by atoms with Crippen molar-refractivity contribution in [2.45, 2.75) is 19.8 Å². The lowest BCUT2D eigenvalue weighted by molar-refractivity contribution is 0.414. The summed E-state index contributed by atoms with van der Waals surface area (Å²) < 4.78 is 7.03. The number of ether oxygens (including phenoxy) is 1. The molecule has 0 saturated carbocycles. The largest absolute Gasteiger partial charge is 0.497 e. The second-order valence-electron chi connectivity index (χ2n) is 5.25. The summed E-state index contributed by atoms with van der Waals surface area (Å²) in [6.45, 7) is 1.92. The van der Waals surface area contributed by atoms with E-state index in [1.54, 1.807) is 7.11 Å². The molecular formula is C16H20Cl2N2O. The molecule has 0 amide bonds. The minimum absolute atomic E-state index is 0.326. The Hall–Kier alpha value is -1.19. The number of methoxy groups -OCH3 is 1. The minimum Gasteiger partial charge on any atom is -0.497 e. The van der Waals surface area contributed by atoms with Crippen molar-refractivity contribution in [2.75, 3.05) is 13.0 Å².